The second-order valence-electron chi connectivity index (χ2n) is 6.19. The van der Waals surface area contributed by atoms with Crippen LogP contribution in [0.15, 0.2) is 65.8 Å². The van der Waals surface area contributed by atoms with Crippen molar-refractivity contribution in [2.24, 2.45) is 0 Å². The number of rotatable bonds is 4. The van der Waals surface area contributed by atoms with Gasteiger partial charge in [0.25, 0.3) is 0 Å². The summed E-state index contributed by atoms with van der Waals surface area (Å²) in [5.41, 5.74) is 0. The summed E-state index contributed by atoms with van der Waals surface area (Å²) in [7, 11) is -3.62. The summed E-state index contributed by atoms with van der Waals surface area (Å²) in [5, 5.41) is 8.48. The van der Waals surface area contributed by atoms with Gasteiger partial charge in [0.1, 0.15) is 5.82 Å². The largest absolute Gasteiger partial charge is 0.352 e. The molecule has 27 heavy (non-hydrogen) atoms. The van der Waals surface area contributed by atoms with Crippen LogP contribution in [-0.2, 0) is 10.0 Å². The maximum Gasteiger partial charge on any atom is 0.243 e. The van der Waals surface area contributed by atoms with Gasteiger partial charge in [0.2, 0.25) is 10.0 Å². The fourth-order valence-electron chi connectivity index (χ4n) is 3.03. The maximum atomic E-state index is 13.0. The average molecular weight is 387 g/mol. The van der Waals surface area contributed by atoms with Crippen molar-refractivity contribution >= 4 is 15.8 Å². The Bertz CT molecular complexity index is 997. The molecule has 0 amide bonds. The van der Waals surface area contributed by atoms with Crippen molar-refractivity contribution in [2.45, 2.75) is 4.90 Å². The molecule has 0 radical (unpaired) electrons. The number of aromatic nitrogens is 3. The second kappa shape index (κ2) is 7.09. The SMILES string of the molecule is O=S(=O)(c1ccc(F)cc1)N1CCN(c2ccc(-n3cccc3)nn2)CC1. The molecular weight excluding hydrogens is 369 g/mol. The molecule has 0 saturated carbocycles. The van der Waals surface area contributed by atoms with Crippen LogP contribution in [0.4, 0.5) is 10.2 Å². The van der Waals surface area contributed by atoms with Gasteiger partial charge in [-0.1, -0.05) is 0 Å². The van der Waals surface area contributed by atoms with E-state index in [1.807, 2.05) is 46.1 Å². The maximum absolute atomic E-state index is 13.0. The Kier molecular flexibility index (Phi) is 4.63. The molecule has 4 rings (SSSR count). The van der Waals surface area contributed by atoms with Gasteiger partial charge in [-0.25, -0.2) is 12.8 Å². The first kappa shape index (κ1) is 17.6. The van der Waals surface area contributed by atoms with E-state index in [9.17, 15) is 12.8 Å². The lowest BCUT2D eigenvalue weighted by Gasteiger charge is -2.34. The molecule has 1 aliphatic heterocycles. The normalized spacial score (nSPS) is 15.8. The standard InChI is InChI=1S/C18H18FN5O2S/c19-15-3-5-16(6-4-15)27(25,26)24-13-11-23(12-14-24)18-8-7-17(20-21-18)22-9-1-2-10-22/h1-10H,11-14H2. The molecule has 1 aromatic carbocycles. The van der Waals surface area contributed by atoms with Crippen molar-refractivity contribution < 1.29 is 12.8 Å². The molecule has 0 N–H and O–H groups in total. The summed E-state index contributed by atoms with van der Waals surface area (Å²) in [5.74, 6) is 0.978. The Morgan fingerprint density at radius 1 is 0.815 bits per heavy atom. The molecular formula is C18H18FN5O2S. The number of sulfonamides is 1. The zero-order valence-corrected chi connectivity index (χ0v) is 15.3. The van der Waals surface area contributed by atoms with E-state index in [-0.39, 0.29) is 4.90 Å². The van der Waals surface area contributed by atoms with Gasteiger partial charge in [-0.3, -0.25) is 0 Å². The lowest BCUT2D eigenvalue weighted by molar-refractivity contribution is 0.383. The number of benzene rings is 1. The molecule has 2 aromatic heterocycles. The monoisotopic (exact) mass is 387 g/mol. The van der Waals surface area contributed by atoms with Crippen molar-refractivity contribution in [1.82, 2.24) is 19.1 Å². The number of nitrogens with zero attached hydrogens (tertiary/aromatic N) is 5. The van der Waals surface area contributed by atoms with E-state index in [0.717, 1.165) is 18.0 Å². The van der Waals surface area contributed by atoms with E-state index in [0.29, 0.717) is 32.0 Å². The van der Waals surface area contributed by atoms with Crippen molar-refractivity contribution in [3.63, 3.8) is 0 Å². The van der Waals surface area contributed by atoms with Crippen molar-refractivity contribution in [1.29, 1.82) is 0 Å². The Hall–Kier alpha value is -2.78. The summed E-state index contributed by atoms with van der Waals surface area (Å²) < 4.78 is 41.7. The first-order valence-electron chi connectivity index (χ1n) is 8.52. The molecule has 0 unspecified atom stereocenters. The van der Waals surface area contributed by atoms with E-state index in [2.05, 4.69) is 10.2 Å². The van der Waals surface area contributed by atoms with E-state index in [1.54, 1.807) is 0 Å². The van der Waals surface area contributed by atoms with Gasteiger partial charge in [0.05, 0.1) is 4.90 Å². The van der Waals surface area contributed by atoms with Crippen molar-refractivity contribution in [3.8, 4) is 5.82 Å². The van der Waals surface area contributed by atoms with Crippen LogP contribution in [0.2, 0.25) is 0 Å². The first-order valence-corrected chi connectivity index (χ1v) is 9.96. The smallest absolute Gasteiger partial charge is 0.243 e. The highest BCUT2D eigenvalue weighted by Gasteiger charge is 2.29. The number of hydrogen-bond donors (Lipinski definition) is 0. The van der Waals surface area contributed by atoms with E-state index >= 15 is 0 Å². The number of halogens is 1. The fraction of sp³-hybridized carbons (Fsp3) is 0.222. The minimum absolute atomic E-state index is 0.105. The van der Waals surface area contributed by atoms with Gasteiger partial charge in [-0.05, 0) is 48.5 Å². The van der Waals surface area contributed by atoms with E-state index in [4.69, 9.17) is 0 Å². The van der Waals surface area contributed by atoms with E-state index < -0.39 is 15.8 Å². The van der Waals surface area contributed by atoms with Crippen LogP contribution >= 0.6 is 0 Å². The minimum Gasteiger partial charge on any atom is -0.352 e. The predicted octanol–water partition coefficient (Wildman–Crippen LogP) is 1.92. The molecule has 0 aliphatic carbocycles. The molecule has 1 aliphatic rings. The summed E-state index contributed by atoms with van der Waals surface area (Å²) in [6.07, 6.45) is 3.78. The van der Waals surface area contributed by atoms with Crippen LogP contribution in [-0.4, -0.2) is 53.7 Å². The second-order valence-corrected chi connectivity index (χ2v) is 8.12. The summed E-state index contributed by atoms with van der Waals surface area (Å²) in [4.78, 5) is 2.11. The fourth-order valence-corrected chi connectivity index (χ4v) is 4.45. The number of anilines is 1. The molecule has 1 fully saturated rings. The average Bonchev–Trinajstić information content (AvgIpc) is 3.23. The molecule has 3 heterocycles. The van der Waals surface area contributed by atoms with Gasteiger partial charge in [-0.2, -0.15) is 4.31 Å². The Morgan fingerprint density at radius 2 is 1.41 bits per heavy atom. The van der Waals surface area contributed by atoms with Crippen LogP contribution in [0.5, 0.6) is 0 Å². The van der Waals surface area contributed by atoms with Crippen molar-refractivity contribution in [3.05, 3.63) is 66.7 Å². The van der Waals surface area contributed by atoms with Crippen LogP contribution in [0.25, 0.3) is 5.82 Å². The Balaban J connectivity index is 1.43. The third-order valence-electron chi connectivity index (χ3n) is 4.52. The van der Waals surface area contributed by atoms with Crippen LogP contribution < -0.4 is 4.90 Å². The molecule has 7 nitrogen and oxygen atoms in total. The molecule has 1 saturated heterocycles. The summed E-state index contributed by atoms with van der Waals surface area (Å²) >= 11 is 0. The molecule has 140 valence electrons. The topological polar surface area (TPSA) is 71.3 Å². The summed E-state index contributed by atoms with van der Waals surface area (Å²) in [6.45, 7) is 1.69. The highest BCUT2D eigenvalue weighted by molar-refractivity contribution is 7.89. The van der Waals surface area contributed by atoms with Crippen molar-refractivity contribution in [2.75, 3.05) is 31.1 Å². The van der Waals surface area contributed by atoms with Crippen LogP contribution in [0, 0.1) is 5.82 Å². The molecule has 0 bridgehead atoms. The highest BCUT2D eigenvalue weighted by atomic mass is 32.2. The molecule has 0 spiro atoms. The minimum atomic E-state index is -3.62. The predicted molar refractivity (Wildman–Crippen MR) is 98.7 cm³/mol. The van der Waals surface area contributed by atoms with Gasteiger partial charge in [0.15, 0.2) is 11.6 Å². The third-order valence-corrected chi connectivity index (χ3v) is 6.43. The van der Waals surface area contributed by atoms with Gasteiger partial charge >= 0.3 is 0 Å². The number of hydrogen-bond acceptors (Lipinski definition) is 5. The zero-order chi connectivity index (χ0) is 18.9. The lowest BCUT2D eigenvalue weighted by atomic mass is 10.3. The lowest BCUT2D eigenvalue weighted by Crippen LogP contribution is -2.49. The Morgan fingerprint density at radius 3 is 2.00 bits per heavy atom. The molecule has 9 heteroatoms. The first-order chi connectivity index (χ1) is 13.0. The van der Waals surface area contributed by atoms with E-state index in [1.165, 1.54) is 16.4 Å². The summed E-state index contributed by atoms with van der Waals surface area (Å²) in [6, 6.07) is 12.5. The van der Waals surface area contributed by atoms with Gasteiger partial charge in [0, 0.05) is 38.6 Å². The molecule has 3 aromatic rings. The van der Waals surface area contributed by atoms with Crippen LogP contribution in [0.1, 0.15) is 0 Å². The van der Waals surface area contributed by atoms with Gasteiger partial charge < -0.3 is 9.47 Å². The third kappa shape index (κ3) is 3.56. The Labute approximate surface area is 156 Å². The van der Waals surface area contributed by atoms with Gasteiger partial charge in [-0.15, -0.1) is 10.2 Å². The number of piperazine rings is 1. The highest BCUT2D eigenvalue weighted by Crippen LogP contribution is 2.20. The molecule has 0 atom stereocenters. The zero-order valence-electron chi connectivity index (χ0n) is 14.4. The quantitative estimate of drug-likeness (QED) is 0.684. The van der Waals surface area contributed by atoms with Crippen LogP contribution in [0.3, 0.4) is 0 Å².